The van der Waals surface area contributed by atoms with Crippen molar-refractivity contribution in [1.82, 2.24) is 15.5 Å². The van der Waals surface area contributed by atoms with Crippen molar-refractivity contribution < 1.29 is 4.42 Å². The van der Waals surface area contributed by atoms with Gasteiger partial charge in [0, 0.05) is 11.6 Å². The Balaban J connectivity index is 1.83. The van der Waals surface area contributed by atoms with E-state index in [1.807, 2.05) is 0 Å². The van der Waals surface area contributed by atoms with E-state index >= 15 is 0 Å². The van der Waals surface area contributed by atoms with Crippen molar-refractivity contribution in [2.45, 2.75) is 71.5 Å². The Morgan fingerprint density at radius 2 is 2.05 bits per heavy atom. The van der Waals surface area contributed by atoms with E-state index in [1.54, 1.807) is 0 Å². The number of hydrogen-bond donors (Lipinski definition) is 2. The highest BCUT2D eigenvalue weighted by molar-refractivity contribution is 5.19. The molecular formula is C14H26N4O. The average molecular weight is 266 g/mol. The van der Waals surface area contributed by atoms with Crippen LogP contribution in [-0.2, 0) is 6.54 Å². The van der Waals surface area contributed by atoms with E-state index in [4.69, 9.17) is 4.42 Å². The van der Waals surface area contributed by atoms with Gasteiger partial charge in [-0.1, -0.05) is 24.9 Å². The van der Waals surface area contributed by atoms with Gasteiger partial charge in [0.15, 0.2) is 0 Å². The Labute approximate surface area is 115 Å². The number of nitrogens with one attached hydrogen (secondary N) is 2. The molecule has 1 aromatic heterocycles. The molecule has 0 aliphatic heterocycles. The summed E-state index contributed by atoms with van der Waals surface area (Å²) < 4.78 is 5.62. The summed E-state index contributed by atoms with van der Waals surface area (Å²) in [5.41, 5.74) is 0.0564. The van der Waals surface area contributed by atoms with Crippen LogP contribution in [0.1, 0.15) is 59.3 Å². The molecule has 0 amide bonds. The maximum Gasteiger partial charge on any atom is 0.315 e. The van der Waals surface area contributed by atoms with Crippen molar-refractivity contribution in [3.63, 3.8) is 0 Å². The first-order valence-corrected chi connectivity index (χ1v) is 7.26. The predicted molar refractivity (Wildman–Crippen MR) is 75.9 cm³/mol. The zero-order valence-corrected chi connectivity index (χ0v) is 12.5. The summed E-state index contributed by atoms with van der Waals surface area (Å²) in [5, 5.41) is 14.8. The summed E-state index contributed by atoms with van der Waals surface area (Å²) in [6.07, 6.45) is 5.01. The van der Waals surface area contributed by atoms with Crippen molar-refractivity contribution in [3.8, 4) is 0 Å². The topological polar surface area (TPSA) is 63.0 Å². The largest absolute Gasteiger partial charge is 0.407 e. The summed E-state index contributed by atoms with van der Waals surface area (Å²) in [6, 6.07) is 1.04. The number of rotatable bonds is 4. The fourth-order valence-corrected chi connectivity index (χ4v) is 2.46. The van der Waals surface area contributed by atoms with Crippen LogP contribution in [0.5, 0.6) is 0 Å². The molecule has 108 valence electrons. The third kappa shape index (κ3) is 4.82. The average Bonchev–Trinajstić information content (AvgIpc) is 2.73. The number of nitrogens with zero attached hydrogens (tertiary/aromatic N) is 2. The van der Waals surface area contributed by atoms with Crippen molar-refractivity contribution >= 4 is 6.01 Å². The lowest BCUT2D eigenvalue weighted by molar-refractivity contribution is 0.349. The highest BCUT2D eigenvalue weighted by atomic mass is 16.4. The molecule has 1 heterocycles. The lowest BCUT2D eigenvalue weighted by Gasteiger charge is -2.26. The second-order valence-corrected chi connectivity index (χ2v) is 6.72. The zero-order valence-electron chi connectivity index (χ0n) is 12.5. The Morgan fingerprint density at radius 3 is 2.74 bits per heavy atom. The van der Waals surface area contributed by atoms with Gasteiger partial charge in [0.05, 0.1) is 6.54 Å². The van der Waals surface area contributed by atoms with Gasteiger partial charge < -0.3 is 15.1 Å². The fraction of sp³-hybridized carbons (Fsp3) is 0.857. The van der Waals surface area contributed by atoms with E-state index in [1.165, 1.54) is 25.7 Å². The van der Waals surface area contributed by atoms with Crippen LogP contribution in [0.4, 0.5) is 6.01 Å². The molecule has 1 aliphatic rings. The lowest BCUT2D eigenvalue weighted by atomic mass is 9.87. The lowest BCUT2D eigenvalue weighted by Crippen LogP contribution is -2.35. The molecule has 19 heavy (non-hydrogen) atoms. The van der Waals surface area contributed by atoms with Gasteiger partial charge in [-0.15, -0.1) is 5.10 Å². The molecular weight excluding hydrogens is 240 g/mol. The van der Waals surface area contributed by atoms with Gasteiger partial charge in [-0.2, -0.15) is 0 Å². The van der Waals surface area contributed by atoms with E-state index in [-0.39, 0.29) is 5.54 Å². The maximum atomic E-state index is 5.62. The summed E-state index contributed by atoms with van der Waals surface area (Å²) in [5.74, 6) is 1.43. The molecule has 2 unspecified atom stereocenters. The second kappa shape index (κ2) is 5.90. The van der Waals surface area contributed by atoms with Crippen LogP contribution in [0.25, 0.3) is 0 Å². The van der Waals surface area contributed by atoms with Crippen molar-refractivity contribution in [2.24, 2.45) is 5.92 Å². The SMILES string of the molecule is CC1CCCC(Nc2nnc(CNC(C)(C)C)o2)C1. The second-order valence-electron chi connectivity index (χ2n) is 6.72. The normalized spacial score (nSPS) is 24.4. The summed E-state index contributed by atoms with van der Waals surface area (Å²) >= 11 is 0. The van der Waals surface area contributed by atoms with E-state index in [9.17, 15) is 0 Å². The number of aromatic nitrogens is 2. The van der Waals surface area contributed by atoms with Gasteiger partial charge in [-0.25, -0.2) is 0 Å². The molecule has 0 aromatic carbocycles. The van der Waals surface area contributed by atoms with Crippen molar-refractivity contribution in [1.29, 1.82) is 0 Å². The Bertz CT molecular complexity index is 396. The van der Waals surface area contributed by atoms with Gasteiger partial charge in [-0.05, 0) is 39.5 Å². The summed E-state index contributed by atoms with van der Waals surface area (Å²) in [6.45, 7) is 9.27. The molecule has 2 N–H and O–H groups in total. The van der Waals surface area contributed by atoms with E-state index in [2.05, 4.69) is 48.5 Å². The zero-order chi connectivity index (χ0) is 13.9. The summed E-state index contributed by atoms with van der Waals surface area (Å²) in [4.78, 5) is 0. The number of hydrogen-bond acceptors (Lipinski definition) is 5. The van der Waals surface area contributed by atoms with Crippen LogP contribution < -0.4 is 10.6 Å². The van der Waals surface area contributed by atoms with Crippen molar-refractivity contribution in [3.05, 3.63) is 5.89 Å². The first-order chi connectivity index (χ1) is 8.92. The van der Waals surface area contributed by atoms with Crippen LogP contribution in [0.15, 0.2) is 4.42 Å². The minimum absolute atomic E-state index is 0.0564. The minimum Gasteiger partial charge on any atom is -0.407 e. The molecule has 0 bridgehead atoms. The Morgan fingerprint density at radius 1 is 1.26 bits per heavy atom. The molecule has 5 heteroatoms. The standard InChI is InChI=1S/C14H26N4O/c1-10-6-5-7-11(8-10)16-13-18-17-12(19-13)9-15-14(2,3)4/h10-11,15H,5-9H2,1-4H3,(H,16,18). The van der Waals surface area contributed by atoms with Crippen molar-refractivity contribution in [2.75, 3.05) is 5.32 Å². The fourth-order valence-electron chi connectivity index (χ4n) is 2.46. The minimum atomic E-state index is 0.0564. The Hall–Kier alpha value is -1.10. The summed E-state index contributed by atoms with van der Waals surface area (Å²) in [7, 11) is 0. The predicted octanol–water partition coefficient (Wildman–Crippen LogP) is 2.95. The third-order valence-corrected chi connectivity index (χ3v) is 3.50. The van der Waals surface area contributed by atoms with E-state index in [0.717, 1.165) is 5.92 Å². The first kappa shape index (κ1) is 14.3. The highest BCUT2D eigenvalue weighted by Gasteiger charge is 2.20. The van der Waals surface area contributed by atoms with Gasteiger partial charge in [0.2, 0.25) is 5.89 Å². The van der Waals surface area contributed by atoms with Crippen LogP contribution in [0.2, 0.25) is 0 Å². The van der Waals surface area contributed by atoms with Gasteiger partial charge in [-0.3, -0.25) is 0 Å². The Kier molecular flexibility index (Phi) is 4.45. The van der Waals surface area contributed by atoms with Crippen LogP contribution in [-0.4, -0.2) is 21.8 Å². The molecule has 1 saturated carbocycles. The molecule has 1 fully saturated rings. The molecule has 2 atom stereocenters. The van der Waals surface area contributed by atoms with Crippen LogP contribution in [0, 0.1) is 5.92 Å². The van der Waals surface area contributed by atoms with Gasteiger partial charge >= 0.3 is 6.01 Å². The monoisotopic (exact) mass is 266 g/mol. The van der Waals surface area contributed by atoms with Gasteiger partial charge in [0.1, 0.15) is 0 Å². The third-order valence-electron chi connectivity index (χ3n) is 3.50. The van der Waals surface area contributed by atoms with E-state index in [0.29, 0.717) is 24.5 Å². The molecule has 5 nitrogen and oxygen atoms in total. The van der Waals surface area contributed by atoms with Crippen LogP contribution in [0.3, 0.4) is 0 Å². The first-order valence-electron chi connectivity index (χ1n) is 7.26. The van der Waals surface area contributed by atoms with Crippen LogP contribution >= 0.6 is 0 Å². The molecule has 0 radical (unpaired) electrons. The molecule has 1 aromatic rings. The molecule has 2 rings (SSSR count). The molecule has 0 saturated heterocycles. The highest BCUT2D eigenvalue weighted by Crippen LogP contribution is 2.25. The van der Waals surface area contributed by atoms with E-state index < -0.39 is 0 Å². The molecule has 1 aliphatic carbocycles. The smallest absolute Gasteiger partial charge is 0.315 e. The van der Waals surface area contributed by atoms with Gasteiger partial charge in [0.25, 0.3) is 0 Å². The number of anilines is 1. The maximum absolute atomic E-state index is 5.62. The quantitative estimate of drug-likeness (QED) is 0.877. The molecule has 0 spiro atoms.